The van der Waals surface area contributed by atoms with Crippen LogP contribution in [0, 0.1) is 5.41 Å². The summed E-state index contributed by atoms with van der Waals surface area (Å²) in [6, 6.07) is 0. The third kappa shape index (κ3) is 31.7. The lowest BCUT2D eigenvalue weighted by Gasteiger charge is -2.31. The van der Waals surface area contributed by atoms with E-state index < -0.39 is 36.1 Å². The first-order chi connectivity index (χ1) is 27.1. The second-order valence-electron chi connectivity index (χ2n) is 14.4. The summed E-state index contributed by atoms with van der Waals surface area (Å²) in [7, 11) is 0. The van der Waals surface area contributed by atoms with Crippen LogP contribution < -0.4 is 0 Å². The molecule has 0 N–H and O–H groups in total. The molecule has 13 nitrogen and oxygen atoms in total. The standard InChI is InChI=1S/C43H75NO12/c1-5-9-11-13-14-17-24-32-51-38(46)26-21-18-22-29-41(49)55-36-43(34-53-39(47)27-19-12-10-6-2,35-54-40(48)28-20-15-16-23-31-45)37-56-42(50)52-33-25-30-44(7-3)8-4/h14,17,31H,5-13,15-16,18-30,32-37H2,1-4H3/b17-14-. The van der Waals surface area contributed by atoms with Crippen LogP contribution in [0.15, 0.2) is 12.2 Å². The quantitative estimate of drug-likeness (QED) is 0.0192. The number of hydrogen-bond donors (Lipinski definition) is 0. The molecular formula is C43H75NO12. The molecular weight excluding hydrogens is 722 g/mol. The number of rotatable bonds is 38. The monoisotopic (exact) mass is 798 g/mol. The second kappa shape index (κ2) is 37.1. The Hall–Kier alpha value is -3.48. The number of allylic oxidation sites excluding steroid dienone is 1. The summed E-state index contributed by atoms with van der Waals surface area (Å²) in [4.78, 5) is 75.9. The van der Waals surface area contributed by atoms with E-state index in [1.165, 1.54) is 19.3 Å². The number of carbonyl (C=O) groups excluding carboxylic acids is 6. The number of aldehydes is 1. The number of carbonyl (C=O) groups is 6. The number of esters is 4. The highest BCUT2D eigenvalue weighted by atomic mass is 16.7. The molecule has 324 valence electrons. The predicted octanol–water partition coefficient (Wildman–Crippen LogP) is 8.63. The van der Waals surface area contributed by atoms with E-state index in [4.69, 9.17) is 28.4 Å². The minimum absolute atomic E-state index is 0.0706. The van der Waals surface area contributed by atoms with E-state index in [-0.39, 0.29) is 58.1 Å². The third-order valence-electron chi connectivity index (χ3n) is 9.23. The van der Waals surface area contributed by atoms with Gasteiger partial charge >= 0.3 is 30.0 Å². The van der Waals surface area contributed by atoms with Crippen molar-refractivity contribution in [2.45, 2.75) is 163 Å². The van der Waals surface area contributed by atoms with Crippen molar-refractivity contribution in [1.29, 1.82) is 0 Å². The van der Waals surface area contributed by atoms with Gasteiger partial charge in [-0.1, -0.05) is 84.8 Å². The molecule has 0 aliphatic carbocycles. The Morgan fingerprint density at radius 2 is 0.911 bits per heavy atom. The summed E-state index contributed by atoms with van der Waals surface area (Å²) in [5.41, 5.74) is -1.39. The number of unbranched alkanes of at least 4 members (excludes halogenated alkanes) is 11. The molecule has 0 rings (SSSR count). The van der Waals surface area contributed by atoms with Crippen LogP contribution in [0.2, 0.25) is 0 Å². The molecule has 0 spiro atoms. The lowest BCUT2D eigenvalue weighted by molar-refractivity contribution is -0.166. The highest BCUT2D eigenvalue weighted by Gasteiger charge is 2.38. The Morgan fingerprint density at radius 3 is 1.43 bits per heavy atom. The van der Waals surface area contributed by atoms with Crippen LogP contribution in [0.3, 0.4) is 0 Å². The van der Waals surface area contributed by atoms with Crippen molar-refractivity contribution in [2.24, 2.45) is 5.41 Å². The normalized spacial score (nSPS) is 12.2. The maximum absolute atomic E-state index is 12.9. The Morgan fingerprint density at radius 1 is 0.464 bits per heavy atom. The fourth-order valence-corrected chi connectivity index (χ4v) is 5.55. The van der Waals surface area contributed by atoms with E-state index in [1.807, 2.05) is 6.08 Å². The zero-order valence-electron chi connectivity index (χ0n) is 35.3. The van der Waals surface area contributed by atoms with Crippen molar-refractivity contribution < 1.29 is 57.2 Å². The summed E-state index contributed by atoms with van der Waals surface area (Å²) in [5.74, 6) is -1.78. The SMILES string of the molecule is CCCCC/C=C\CCOC(=O)CCCCCC(=O)OCC(COC(=O)CCCCCC)(COC(=O)CCCCCC=O)COC(=O)OCCCN(CC)CC. The average molecular weight is 798 g/mol. The highest BCUT2D eigenvalue weighted by molar-refractivity contribution is 5.71. The van der Waals surface area contributed by atoms with Gasteiger partial charge in [-0.05, 0) is 70.9 Å². The Bertz CT molecular complexity index is 1080. The zero-order valence-corrected chi connectivity index (χ0v) is 35.3. The predicted molar refractivity (Wildman–Crippen MR) is 215 cm³/mol. The third-order valence-corrected chi connectivity index (χ3v) is 9.23. The summed E-state index contributed by atoms with van der Waals surface area (Å²) in [6.45, 7) is 9.92. The number of hydrogen-bond acceptors (Lipinski definition) is 13. The van der Waals surface area contributed by atoms with Gasteiger partial charge in [0, 0.05) is 38.6 Å². The fraction of sp³-hybridized carbons (Fsp3) is 0.814. The molecule has 0 radical (unpaired) electrons. The van der Waals surface area contributed by atoms with Gasteiger partial charge in [-0.3, -0.25) is 19.2 Å². The van der Waals surface area contributed by atoms with Gasteiger partial charge in [0.05, 0.1) is 13.2 Å². The Labute approximate surface area is 337 Å². The molecule has 1 atom stereocenters. The first-order valence-electron chi connectivity index (χ1n) is 21.4. The molecule has 0 aliphatic rings. The first kappa shape index (κ1) is 52.5. The molecule has 0 saturated heterocycles. The van der Waals surface area contributed by atoms with E-state index in [0.29, 0.717) is 70.8 Å². The van der Waals surface area contributed by atoms with E-state index in [0.717, 1.165) is 51.6 Å². The van der Waals surface area contributed by atoms with Gasteiger partial charge < -0.3 is 38.1 Å². The van der Waals surface area contributed by atoms with Gasteiger partial charge in [-0.2, -0.15) is 0 Å². The van der Waals surface area contributed by atoms with E-state index in [9.17, 15) is 28.8 Å². The van der Waals surface area contributed by atoms with Crippen molar-refractivity contribution in [1.82, 2.24) is 4.90 Å². The topological polar surface area (TPSA) is 161 Å². The average Bonchev–Trinajstić information content (AvgIpc) is 3.19. The second-order valence-corrected chi connectivity index (χ2v) is 14.4. The molecule has 0 aromatic rings. The lowest BCUT2D eigenvalue weighted by atomic mass is 9.92. The molecule has 1 unspecified atom stereocenters. The summed E-state index contributed by atoms with van der Waals surface area (Å²) in [6.07, 6.45) is 18.0. The summed E-state index contributed by atoms with van der Waals surface area (Å²) in [5, 5.41) is 0. The molecule has 0 fully saturated rings. The zero-order chi connectivity index (χ0) is 41.5. The van der Waals surface area contributed by atoms with Crippen LogP contribution >= 0.6 is 0 Å². The molecule has 56 heavy (non-hydrogen) atoms. The van der Waals surface area contributed by atoms with Gasteiger partial charge in [0.25, 0.3) is 0 Å². The Balaban J connectivity index is 5.37. The van der Waals surface area contributed by atoms with Gasteiger partial charge in [0.2, 0.25) is 0 Å². The Kier molecular flexibility index (Phi) is 34.8. The van der Waals surface area contributed by atoms with Crippen molar-refractivity contribution in [3.63, 3.8) is 0 Å². The lowest BCUT2D eigenvalue weighted by Crippen LogP contribution is -2.44. The minimum atomic E-state index is -1.39. The minimum Gasteiger partial charge on any atom is -0.465 e. The van der Waals surface area contributed by atoms with Crippen molar-refractivity contribution in [3.05, 3.63) is 12.2 Å². The number of nitrogens with zero attached hydrogens (tertiary/aromatic N) is 1. The van der Waals surface area contributed by atoms with E-state index in [1.54, 1.807) is 0 Å². The van der Waals surface area contributed by atoms with Crippen LogP contribution in [-0.2, 0) is 52.4 Å². The van der Waals surface area contributed by atoms with Crippen LogP contribution in [0.4, 0.5) is 4.79 Å². The molecule has 13 heteroatoms. The molecule has 0 bridgehead atoms. The molecule has 0 saturated carbocycles. The first-order valence-corrected chi connectivity index (χ1v) is 21.4. The van der Waals surface area contributed by atoms with E-state index >= 15 is 0 Å². The molecule has 0 heterocycles. The van der Waals surface area contributed by atoms with Gasteiger partial charge in [-0.15, -0.1) is 0 Å². The largest absolute Gasteiger partial charge is 0.508 e. The van der Waals surface area contributed by atoms with Gasteiger partial charge in [0.1, 0.15) is 38.1 Å². The number of ether oxygens (including phenoxy) is 6. The van der Waals surface area contributed by atoms with Crippen molar-refractivity contribution >= 4 is 36.3 Å². The van der Waals surface area contributed by atoms with Gasteiger partial charge in [-0.25, -0.2) is 4.79 Å². The molecule has 0 aromatic carbocycles. The smallest absolute Gasteiger partial charge is 0.465 e. The van der Waals surface area contributed by atoms with Crippen LogP contribution in [0.5, 0.6) is 0 Å². The van der Waals surface area contributed by atoms with E-state index in [2.05, 4.69) is 38.7 Å². The van der Waals surface area contributed by atoms with Crippen molar-refractivity contribution in [2.75, 3.05) is 59.3 Å². The van der Waals surface area contributed by atoms with Crippen molar-refractivity contribution in [3.8, 4) is 0 Å². The summed E-state index contributed by atoms with van der Waals surface area (Å²) >= 11 is 0. The molecule has 0 aliphatic heterocycles. The van der Waals surface area contributed by atoms with Crippen LogP contribution in [0.25, 0.3) is 0 Å². The van der Waals surface area contributed by atoms with Gasteiger partial charge in [0.15, 0.2) is 0 Å². The fourth-order valence-electron chi connectivity index (χ4n) is 5.55. The van der Waals surface area contributed by atoms with Crippen LogP contribution in [-0.4, -0.2) is 100 Å². The highest BCUT2D eigenvalue weighted by Crippen LogP contribution is 2.23. The molecule has 0 amide bonds. The molecule has 0 aromatic heterocycles. The maximum atomic E-state index is 12.9. The summed E-state index contributed by atoms with van der Waals surface area (Å²) < 4.78 is 32.9. The maximum Gasteiger partial charge on any atom is 0.508 e. The van der Waals surface area contributed by atoms with Crippen LogP contribution in [0.1, 0.15) is 163 Å².